The average Bonchev–Trinajstić information content (AvgIpc) is 1.84. The maximum absolute atomic E-state index is 9.39. The molecule has 0 aromatic carbocycles. The van der Waals surface area contributed by atoms with Gasteiger partial charge in [0, 0.05) is 0 Å². The summed E-state index contributed by atoms with van der Waals surface area (Å²) in [6.45, 7) is 8.30. The molecule has 0 radical (unpaired) electrons. The van der Waals surface area contributed by atoms with Crippen molar-refractivity contribution >= 4 is 0 Å². The van der Waals surface area contributed by atoms with Gasteiger partial charge in [-0.25, -0.2) is 0 Å². The van der Waals surface area contributed by atoms with Gasteiger partial charge in [0.05, 0.1) is 6.10 Å². The van der Waals surface area contributed by atoms with E-state index in [1.807, 2.05) is 0 Å². The van der Waals surface area contributed by atoms with E-state index in [0.29, 0.717) is 11.8 Å². The van der Waals surface area contributed by atoms with Crippen molar-refractivity contribution in [2.24, 2.45) is 11.8 Å². The van der Waals surface area contributed by atoms with Crippen molar-refractivity contribution in [3.8, 4) is 0 Å². The fourth-order valence-electron chi connectivity index (χ4n) is 0.899. The van der Waals surface area contributed by atoms with Gasteiger partial charge in [0.25, 0.3) is 0 Å². The first-order valence-electron chi connectivity index (χ1n) is 3.77. The molecule has 0 rings (SSSR count). The number of aliphatic hydroxyl groups is 1. The Balaban J connectivity index is 3.58. The molecule has 0 heterocycles. The summed E-state index contributed by atoms with van der Waals surface area (Å²) in [6.07, 6.45) is 0.953. The SMILES string of the molecule is CCC(C)[C@@H](O)C(C)C. The maximum Gasteiger partial charge on any atom is 0.0588 e. The molecular formula is C8H18O. The first-order valence-corrected chi connectivity index (χ1v) is 3.77. The molecular weight excluding hydrogens is 112 g/mol. The van der Waals surface area contributed by atoms with Gasteiger partial charge in [0.15, 0.2) is 0 Å². The van der Waals surface area contributed by atoms with Gasteiger partial charge in [-0.1, -0.05) is 34.1 Å². The smallest absolute Gasteiger partial charge is 0.0588 e. The Morgan fingerprint density at radius 3 is 1.78 bits per heavy atom. The normalized spacial score (nSPS) is 18.0. The molecule has 56 valence electrons. The zero-order chi connectivity index (χ0) is 7.44. The standard InChI is InChI=1S/C8H18O/c1-5-7(4)8(9)6(2)3/h6-9H,5H2,1-4H3/t7?,8-/m0/s1. The van der Waals surface area contributed by atoms with E-state index in [4.69, 9.17) is 0 Å². The Morgan fingerprint density at radius 2 is 1.67 bits per heavy atom. The van der Waals surface area contributed by atoms with Crippen molar-refractivity contribution in [2.45, 2.75) is 40.2 Å². The quantitative estimate of drug-likeness (QED) is 0.620. The Kier molecular flexibility index (Phi) is 3.87. The largest absolute Gasteiger partial charge is 0.393 e. The van der Waals surface area contributed by atoms with Gasteiger partial charge in [-0.2, -0.15) is 0 Å². The molecule has 0 aromatic heterocycles. The summed E-state index contributed by atoms with van der Waals surface area (Å²) >= 11 is 0. The van der Waals surface area contributed by atoms with Crippen molar-refractivity contribution in [3.63, 3.8) is 0 Å². The number of hydrogen-bond donors (Lipinski definition) is 1. The fraction of sp³-hybridized carbons (Fsp3) is 1.00. The Hall–Kier alpha value is -0.0400. The van der Waals surface area contributed by atoms with Gasteiger partial charge in [0.1, 0.15) is 0 Å². The number of rotatable bonds is 3. The average molecular weight is 130 g/mol. The summed E-state index contributed by atoms with van der Waals surface area (Å²) in [4.78, 5) is 0. The van der Waals surface area contributed by atoms with Crippen molar-refractivity contribution < 1.29 is 5.11 Å². The van der Waals surface area contributed by atoms with E-state index < -0.39 is 0 Å². The zero-order valence-electron chi connectivity index (χ0n) is 6.89. The lowest BCUT2D eigenvalue weighted by Crippen LogP contribution is -2.22. The van der Waals surface area contributed by atoms with Crippen LogP contribution in [0.15, 0.2) is 0 Å². The summed E-state index contributed by atoms with van der Waals surface area (Å²) < 4.78 is 0. The lowest BCUT2D eigenvalue weighted by molar-refractivity contribution is 0.0707. The van der Waals surface area contributed by atoms with Crippen LogP contribution < -0.4 is 0 Å². The highest BCUT2D eigenvalue weighted by Crippen LogP contribution is 2.14. The monoisotopic (exact) mass is 130 g/mol. The van der Waals surface area contributed by atoms with Gasteiger partial charge in [-0.05, 0) is 11.8 Å². The molecule has 0 amide bonds. The van der Waals surface area contributed by atoms with Gasteiger partial charge in [0.2, 0.25) is 0 Å². The molecule has 0 saturated heterocycles. The molecule has 0 saturated carbocycles. The Labute approximate surface area is 58.1 Å². The van der Waals surface area contributed by atoms with Crippen LogP contribution in [0.4, 0.5) is 0 Å². The minimum absolute atomic E-state index is 0.116. The predicted octanol–water partition coefficient (Wildman–Crippen LogP) is 2.05. The van der Waals surface area contributed by atoms with Gasteiger partial charge in [-0.15, -0.1) is 0 Å². The first-order chi connectivity index (χ1) is 4.09. The van der Waals surface area contributed by atoms with Crippen molar-refractivity contribution in [3.05, 3.63) is 0 Å². The maximum atomic E-state index is 9.39. The van der Waals surface area contributed by atoms with Crippen LogP contribution in [0, 0.1) is 11.8 Å². The fourth-order valence-corrected chi connectivity index (χ4v) is 0.899. The molecule has 1 heteroatoms. The predicted molar refractivity (Wildman–Crippen MR) is 40.3 cm³/mol. The van der Waals surface area contributed by atoms with Crippen LogP contribution in [0.3, 0.4) is 0 Å². The highest BCUT2D eigenvalue weighted by Gasteiger charge is 2.14. The highest BCUT2D eigenvalue weighted by molar-refractivity contribution is 4.65. The van der Waals surface area contributed by atoms with Crippen LogP contribution >= 0.6 is 0 Å². The molecule has 9 heavy (non-hydrogen) atoms. The second kappa shape index (κ2) is 3.89. The van der Waals surface area contributed by atoms with Gasteiger partial charge >= 0.3 is 0 Å². The molecule has 0 fully saturated rings. The molecule has 1 unspecified atom stereocenters. The molecule has 0 aliphatic heterocycles. The second-order valence-corrected chi connectivity index (χ2v) is 3.12. The zero-order valence-corrected chi connectivity index (χ0v) is 6.89. The molecule has 0 aromatic rings. The Morgan fingerprint density at radius 1 is 1.22 bits per heavy atom. The lowest BCUT2D eigenvalue weighted by atomic mass is 9.93. The van der Waals surface area contributed by atoms with E-state index in [0.717, 1.165) is 6.42 Å². The van der Waals surface area contributed by atoms with Crippen molar-refractivity contribution in [2.75, 3.05) is 0 Å². The number of aliphatic hydroxyl groups excluding tert-OH is 1. The van der Waals surface area contributed by atoms with Gasteiger partial charge in [-0.3, -0.25) is 0 Å². The van der Waals surface area contributed by atoms with E-state index >= 15 is 0 Å². The molecule has 0 aliphatic rings. The van der Waals surface area contributed by atoms with Crippen LogP contribution in [0.5, 0.6) is 0 Å². The van der Waals surface area contributed by atoms with Crippen LogP contribution in [0.1, 0.15) is 34.1 Å². The topological polar surface area (TPSA) is 20.2 Å². The van der Waals surface area contributed by atoms with Gasteiger partial charge < -0.3 is 5.11 Å². The van der Waals surface area contributed by atoms with Crippen LogP contribution in [-0.4, -0.2) is 11.2 Å². The molecule has 2 atom stereocenters. The summed E-state index contributed by atoms with van der Waals surface area (Å²) in [5, 5.41) is 9.39. The van der Waals surface area contributed by atoms with E-state index in [2.05, 4.69) is 27.7 Å². The molecule has 0 aliphatic carbocycles. The molecule has 1 N–H and O–H groups in total. The highest BCUT2D eigenvalue weighted by atomic mass is 16.3. The summed E-state index contributed by atoms with van der Waals surface area (Å²) in [7, 11) is 0. The third-order valence-electron chi connectivity index (χ3n) is 1.91. The minimum Gasteiger partial charge on any atom is -0.393 e. The first kappa shape index (κ1) is 8.96. The molecule has 0 spiro atoms. The summed E-state index contributed by atoms with van der Waals surface area (Å²) in [6, 6.07) is 0. The van der Waals surface area contributed by atoms with E-state index in [9.17, 15) is 5.11 Å². The third kappa shape index (κ3) is 2.85. The number of hydrogen-bond acceptors (Lipinski definition) is 1. The summed E-state index contributed by atoms with van der Waals surface area (Å²) in [5.74, 6) is 0.852. The molecule has 1 nitrogen and oxygen atoms in total. The third-order valence-corrected chi connectivity index (χ3v) is 1.91. The molecule has 0 bridgehead atoms. The van der Waals surface area contributed by atoms with Crippen molar-refractivity contribution in [1.29, 1.82) is 0 Å². The van der Waals surface area contributed by atoms with Crippen LogP contribution in [0.2, 0.25) is 0 Å². The van der Waals surface area contributed by atoms with Crippen LogP contribution in [-0.2, 0) is 0 Å². The minimum atomic E-state index is -0.116. The summed E-state index contributed by atoms with van der Waals surface area (Å²) in [5.41, 5.74) is 0. The van der Waals surface area contributed by atoms with E-state index in [1.165, 1.54) is 0 Å². The van der Waals surface area contributed by atoms with E-state index in [-0.39, 0.29) is 6.10 Å². The van der Waals surface area contributed by atoms with Crippen LogP contribution in [0.25, 0.3) is 0 Å². The Bertz CT molecular complexity index is 69.0. The lowest BCUT2D eigenvalue weighted by Gasteiger charge is -2.20. The second-order valence-electron chi connectivity index (χ2n) is 3.12. The van der Waals surface area contributed by atoms with Crippen molar-refractivity contribution in [1.82, 2.24) is 0 Å². The van der Waals surface area contributed by atoms with E-state index in [1.54, 1.807) is 0 Å².